The molecule has 32 heavy (non-hydrogen) atoms. The minimum Gasteiger partial charge on any atom is -0.497 e. The number of hydrogen-bond donors (Lipinski definition) is 2. The zero-order chi connectivity index (χ0) is 22.9. The van der Waals surface area contributed by atoms with E-state index in [0.717, 1.165) is 0 Å². The average Bonchev–Trinajstić information content (AvgIpc) is 3.20. The SMILES string of the molecule is COc1cccc(S(=O)(=O)NC(=O)c2cc3cc(Oc4ccc(Cl)c(Cl)c4)ccc3[nH]2)c1. The van der Waals surface area contributed by atoms with Crippen LogP contribution in [-0.4, -0.2) is 26.4 Å². The summed E-state index contributed by atoms with van der Waals surface area (Å²) in [6.07, 6.45) is 0. The minimum atomic E-state index is -4.08. The highest BCUT2D eigenvalue weighted by atomic mass is 35.5. The van der Waals surface area contributed by atoms with Gasteiger partial charge in [0, 0.05) is 23.0 Å². The molecule has 0 bridgehead atoms. The summed E-state index contributed by atoms with van der Waals surface area (Å²) in [6, 6.07) is 17.4. The van der Waals surface area contributed by atoms with Crippen molar-refractivity contribution >= 4 is 50.0 Å². The van der Waals surface area contributed by atoms with Gasteiger partial charge >= 0.3 is 0 Å². The Balaban J connectivity index is 1.55. The van der Waals surface area contributed by atoms with E-state index in [9.17, 15) is 13.2 Å². The number of carbonyl (C=O) groups excluding carboxylic acids is 1. The van der Waals surface area contributed by atoms with Crippen LogP contribution in [-0.2, 0) is 10.0 Å². The van der Waals surface area contributed by atoms with E-state index in [4.69, 9.17) is 32.7 Å². The molecule has 4 aromatic rings. The number of sulfonamides is 1. The van der Waals surface area contributed by atoms with Crippen molar-refractivity contribution in [2.75, 3.05) is 7.11 Å². The van der Waals surface area contributed by atoms with E-state index in [-0.39, 0.29) is 10.6 Å². The normalized spacial score (nSPS) is 11.3. The molecule has 4 rings (SSSR count). The molecule has 0 saturated heterocycles. The number of aromatic nitrogens is 1. The van der Waals surface area contributed by atoms with Gasteiger partial charge < -0.3 is 14.5 Å². The summed E-state index contributed by atoms with van der Waals surface area (Å²) >= 11 is 11.9. The van der Waals surface area contributed by atoms with Crippen LogP contribution in [0.2, 0.25) is 10.0 Å². The van der Waals surface area contributed by atoms with Crippen LogP contribution in [0.4, 0.5) is 0 Å². The van der Waals surface area contributed by atoms with Crippen molar-refractivity contribution in [3.63, 3.8) is 0 Å². The first kappa shape index (κ1) is 22.0. The summed E-state index contributed by atoms with van der Waals surface area (Å²) in [5.41, 5.74) is 0.716. The molecule has 2 N–H and O–H groups in total. The largest absolute Gasteiger partial charge is 0.497 e. The molecular formula is C22H16Cl2N2O5S. The van der Waals surface area contributed by atoms with Gasteiger partial charge in [0.2, 0.25) is 0 Å². The van der Waals surface area contributed by atoms with Crippen molar-refractivity contribution < 1.29 is 22.7 Å². The van der Waals surface area contributed by atoms with E-state index in [0.29, 0.717) is 38.2 Å². The number of nitrogens with one attached hydrogen (secondary N) is 2. The maximum atomic E-state index is 12.6. The van der Waals surface area contributed by atoms with Gasteiger partial charge in [-0.25, -0.2) is 13.1 Å². The van der Waals surface area contributed by atoms with Gasteiger partial charge in [-0.05, 0) is 48.5 Å². The number of carbonyl (C=O) groups is 1. The van der Waals surface area contributed by atoms with Crippen LogP contribution in [0.1, 0.15) is 10.5 Å². The molecule has 1 aromatic heterocycles. The predicted octanol–water partition coefficient (Wildman–Crippen LogP) is 5.39. The molecule has 0 atom stereocenters. The van der Waals surface area contributed by atoms with Gasteiger partial charge in [-0.3, -0.25) is 4.79 Å². The summed E-state index contributed by atoms with van der Waals surface area (Å²) in [6.45, 7) is 0. The Morgan fingerprint density at radius 1 is 0.906 bits per heavy atom. The predicted molar refractivity (Wildman–Crippen MR) is 122 cm³/mol. The smallest absolute Gasteiger partial charge is 0.281 e. The maximum absolute atomic E-state index is 12.6. The van der Waals surface area contributed by atoms with Crippen LogP contribution >= 0.6 is 23.2 Å². The van der Waals surface area contributed by atoms with Gasteiger partial charge in [-0.2, -0.15) is 0 Å². The Bertz CT molecular complexity index is 1430. The molecule has 0 fully saturated rings. The standard InChI is InChI=1S/C22H16Cl2N2O5S/c1-30-14-3-2-4-17(11-14)32(28,29)26-22(27)21-10-13-9-15(6-8-20(13)25-21)31-16-5-7-18(23)19(24)12-16/h2-12,25H,1H3,(H,26,27). The third-order valence-electron chi connectivity index (χ3n) is 4.54. The fourth-order valence-corrected chi connectivity index (χ4v) is 4.27. The van der Waals surface area contributed by atoms with E-state index in [1.54, 1.807) is 42.5 Å². The number of benzene rings is 3. The Hall–Kier alpha value is -3.20. The summed E-state index contributed by atoms with van der Waals surface area (Å²) in [7, 11) is -2.66. The summed E-state index contributed by atoms with van der Waals surface area (Å²) < 4.78 is 38.0. The Morgan fingerprint density at radius 2 is 1.66 bits per heavy atom. The summed E-state index contributed by atoms with van der Waals surface area (Å²) in [4.78, 5) is 15.4. The van der Waals surface area contributed by atoms with Crippen LogP contribution in [0.5, 0.6) is 17.2 Å². The molecule has 0 aliphatic carbocycles. The average molecular weight is 491 g/mol. The third kappa shape index (κ3) is 4.67. The molecule has 1 amide bonds. The van der Waals surface area contributed by atoms with E-state index in [1.165, 1.54) is 31.4 Å². The van der Waals surface area contributed by atoms with Crippen LogP contribution in [0.3, 0.4) is 0 Å². The Labute approximate surface area is 193 Å². The fourth-order valence-electron chi connectivity index (χ4n) is 2.98. The topological polar surface area (TPSA) is 97.5 Å². The van der Waals surface area contributed by atoms with E-state index < -0.39 is 15.9 Å². The second-order valence-corrected chi connectivity index (χ2v) is 9.22. The summed E-state index contributed by atoms with van der Waals surface area (Å²) in [5.74, 6) is 0.568. The first-order chi connectivity index (χ1) is 15.2. The van der Waals surface area contributed by atoms with Gasteiger partial charge in [0.05, 0.1) is 22.1 Å². The zero-order valence-corrected chi connectivity index (χ0v) is 18.9. The minimum absolute atomic E-state index is 0.0816. The lowest BCUT2D eigenvalue weighted by Gasteiger charge is -2.07. The Morgan fingerprint density at radius 3 is 2.41 bits per heavy atom. The molecule has 0 spiro atoms. The molecule has 10 heteroatoms. The van der Waals surface area contributed by atoms with Gasteiger partial charge in [0.1, 0.15) is 22.9 Å². The van der Waals surface area contributed by atoms with Gasteiger partial charge in [0.25, 0.3) is 15.9 Å². The highest BCUT2D eigenvalue weighted by Crippen LogP contribution is 2.31. The first-order valence-corrected chi connectivity index (χ1v) is 11.5. The van der Waals surface area contributed by atoms with E-state index >= 15 is 0 Å². The second kappa shape index (κ2) is 8.74. The molecular weight excluding hydrogens is 475 g/mol. The number of halogens is 2. The van der Waals surface area contributed by atoms with Crippen LogP contribution < -0.4 is 14.2 Å². The molecule has 0 saturated carbocycles. The first-order valence-electron chi connectivity index (χ1n) is 9.22. The van der Waals surface area contributed by atoms with Crippen molar-refractivity contribution in [2.45, 2.75) is 4.90 Å². The second-order valence-electron chi connectivity index (χ2n) is 6.72. The van der Waals surface area contributed by atoms with E-state index in [1.807, 2.05) is 0 Å². The molecule has 3 aromatic carbocycles. The molecule has 7 nitrogen and oxygen atoms in total. The number of rotatable bonds is 6. The highest BCUT2D eigenvalue weighted by Gasteiger charge is 2.20. The van der Waals surface area contributed by atoms with Crippen LogP contribution in [0.15, 0.2) is 71.6 Å². The lowest BCUT2D eigenvalue weighted by molar-refractivity contribution is 0.0977. The molecule has 0 aliphatic rings. The number of hydrogen-bond acceptors (Lipinski definition) is 5. The number of methoxy groups -OCH3 is 1. The summed E-state index contributed by atoms with van der Waals surface area (Å²) in [5, 5.41) is 1.44. The quantitative estimate of drug-likeness (QED) is 0.377. The van der Waals surface area contributed by atoms with Crippen molar-refractivity contribution in [1.29, 1.82) is 0 Å². The number of aromatic amines is 1. The number of H-pyrrole nitrogens is 1. The van der Waals surface area contributed by atoms with Crippen molar-refractivity contribution in [3.05, 3.63) is 82.5 Å². The molecule has 164 valence electrons. The lowest BCUT2D eigenvalue weighted by Crippen LogP contribution is -2.30. The molecule has 1 heterocycles. The monoisotopic (exact) mass is 490 g/mol. The molecule has 0 aliphatic heterocycles. The number of amides is 1. The van der Waals surface area contributed by atoms with Gasteiger partial charge in [-0.15, -0.1) is 0 Å². The van der Waals surface area contributed by atoms with E-state index in [2.05, 4.69) is 9.71 Å². The maximum Gasteiger partial charge on any atom is 0.281 e. The zero-order valence-electron chi connectivity index (χ0n) is 16.6. The molecule has 0 radical (unpaired) electrons. The lowest BCUT2D eigenvalue weighted by atomic mass is 10.2. The fraction of sp³-hybridized carbons (Fsp3) is 0.0455. The van der Waals surface area contributed by atoms with Crippen LogP contribution in [0, 0.1) is 0 Å². The van der Waals surface area contributed by atoms with Crippen LogP contribution in [0.25, 0.3) is 10.9 Å². The van der Waals surface area contributed by atoms with Crippen molar-refractivity contribution in [3.8, 4) is 17.2 Å². The molecule has 0 unspecified atom stereocenters. The third-order valence-corrected chi connectivity index (χ3v) is 6.61. The highest BCUT2D eigenvalue weighted by molar-refractivity contribution is 7.90. The Kier molecular flexibility index (Phi) is 6.01. The van der Waals surface area contributed by atoms with Crippen molar-refractivity contribution in [1.82, 2.24) is 9.71 Å². The number of ether oxygens (including phenoxy) is 2. The van der Waals surface area contributed by atoms with Gasteiger partial charge in [-0.1, -0.05) is 29.3 Å². The van der Waals surface area contributed by atoms with Gasteiger partial charge in [0.15, 0.2) is 0 Å². The number of fused-ring (bicyclic) bond motifs is 1. The van der Waals surface area contributed by atoms with Crippen molar-refractivity contribution in [2.24, 2.45) is 0 Å².